The van der Waals surface area contributed by atoms with Crippen LogP contribution in [-0.4, -0.2) is 18.4 Å². The molecule has 130 valence electrons. The second-order valence-corrected chi connectivity index (χ2v) is 7.06. The van der Waals surface area contributed by atoms with Crippen molar-refractivity contribution in [2.45, 2.75) is 16.0 Å². The van der Waals surface area contributed by atoms with Gasteiger partial charge in [-0.1, -0.05) is 6.07 Å². The summed E-state index contributed by atoms with van der Waals surface area (Å²) in [7, 11) is -4.13. The molecule has 6 nitrogen and oxygen atoms in total. The van der Waals surface area contributed by atoms with Crippen LogP contribution in [0.1, 0.15) is 5.56 Å². The summed E-state index contributed by atoms with van der Waals surface area (Å²) < 4.78 is 63.6. The molecule has 3 aromatic rings. The summed E-state index contributed by atoms with van der Waals surface area (Å²) >= 11 is 0. The van der Waals surface area contributed by atoms with Gasteiger partial charge < -0.3 is 11.5 Å². The second kappa shape index (κ2) is 5.59. The molecule has 4 N–H and O–H groups in total. The molecule has 0 radical (unpaired) electrons. The van der Waals surface area contributed by atoms with Crippen molar-refractivity contribution >= 4 is 32.5 Å². The highest BCUT2D eigenvalue weighted by atomic mass is 32.2. The molecule has 1 aromatic heterocycles. The van der Waals surface area contributed by atoms with Crippen molar-refractivity contribution < 1.29 is 21.6 Å². The third kappa shape index (κ3) is 2.95. The summed E-state index contributed by atoms with van der Waals surface area (Å²) in [4.78, 5) is 7.16. The van der Waals surface area contributed by atoms with Crippen molar-refractivity contribution in [1.82, 2.24) is 9.97 Å². The molecule has 0 spiro atoms. The summed E-state index contributed by atoms with van der Waals surface area (Å²) in [5.74, 6) is -0.248. The topological polar surface area (TPSA) is 112 Å². The molecule has 0 aliphatic carbocycles. The highest BCUT2D eigenvalue weighted by Gasteiger charge is 2.31. The summed E-state index contributed by atoms with van der Waals surface area (Å²) in [6.45, 7) is 0. The molecule has 0 amide bonds. The van der Waals surface area contributed by atoms with E-state index in [2.05, 4.69) is 9.97 Å². The van der Waals surface area contributed by atoms with Gasteiger partial charge in [0, 0.05) is 0 Å². The molecular weight excluding hydrogens is 357 g/mol. The highest BCUT2D eigenvalue weighted by Crippen LogP contribution is 2.33. The lowest BCUT2D eigenvalue weighted by Gasteiger charge is -2.11. The Morgan fingerprint density at radius 2 is 1.56 bits per heavy atom. The Morgan fingerprint density at radius 1 is 0.920 bits per heavy atom. The molecule has 0 saturated heterocycles. The average Bonchev–Trinajstić information content (AvgIpc) is 2.53. The number of rotatable bonds is 2. The highest BCUT2D eigenvalue weighted by molar-refractivity contribution is 7.91. The molecule has 0 bridgehead atoms. The van der Waals surface area contributed by atoms with Crippen LogP contribution in [0, 0.1) is 0 Å². The SMILES string of the molecule is Nc1nc(N)c2c(S(=O)(=O)c3ccc(C(F)(F)F)cc3)cccc2n1. The van der Waals surface area contributed by atoms with Gasteiger partial charge in [0.25, 0.3) is 0 Å². The number of hydrogen-bond donors (Lipinski definition) is 2. The Labute approximate surface area is 140 Å². The monoisotopic (exact) mass is 368 g/mol. The van der Waals surface area contributed by atoms with Gasteiger partial charge >= 0.3 is 6.18 Å². The number of anilines is 2. The molecule has 1 heterocycles. The zero-order chi connectivity index (χ0) is 18.4. The molecule has 2 aromatic carbocycles. The van der Waals surface area contributed by atoms with Gasteiger partial charge in [-0.3, -0.25) is 0 Å². The number of nitrogens with two attached hydrogens (primary N) is 2. The predicted octanol–water partition coefficient (Wildman–Crippen LogP) is 2.65. The summed E-state index contributed by atoms with van der Waals surface area (Å²) in [5, 5.41) is 0.0663. The molecular formula is C15H11F3N4O2S. The van der Waals surface area contributed by atoms with Gasteiger partial charge in [0.2, 0.25) is 15.8 Å². The molecule has 0 fully saturated rings. The fourth-order valence-electron chi connectivity index (χ4n) is 2.37. The summed E-state index contributed by atoms with van der Waals surface area (Å²) in [6, 6.07) is 7.42. The van der Waals surface area contributed by atoms with E-state index in [4.69, 9.17) is 11.5 Å². The number of nitrogens with zero attached hydrogens (tertiary/aromatic N) is 2. The average molecular weight is 368 g/mol. The molecule has 0 unspecified atom stereocenters. The summed E-state index contributed by atoms with van der Waals surface area (Å²) in [6.07, 6.45) is -4.56. The smallest absolute Gasteiger partial charge is 0.383 e. The molecule has 0 aliphatic heterocycles. The predicted molar refractivity (Wildman–Crippen MR) is 85.3 cm³/mol. The number of halogens is 3. The Bertz CT molecular complexity index is 1060. The van der Waals surface area contributed by atoms with Crippen LogP contribution in [0.5, 0.6) is 0 Å². The quantitative estimate of drug-likeness (QED) is 0.719. The van der Waals surface area contributed by atoms with E-state index in [1.807, 2.05) is 0 Å². The van der Waals surface area contributed by atoms with E-state index < -0.39 is 21.6 Å². The van der Waals surface area contributed by atoms with E-state index in [9.17, 15) is 21.6 Å². The van der Waals surface area contributed by atoms with Crippen molar-refractivity contribution in [3.63, 3.8) is 0 Å². The molecule has 3 rings (SSSR count). The van der Waals surface area contributed by atoms with E-state index in [0.717, 1.165) is 12.1 Å². The van der Waals surface area contributed by atoms with Crippen LogP contribution in [0.15, 0.2) is 52.3 Å². The third-order valence-electron chi connectivity index (χ3n) is 3.51. The first-order chi connectivity index (χ1) is 11.6. The van der Waals surface area contributed by atoms with Gasteiger partial charge in [0.15, 0.2) is 0 Å². The Kier molecular flexibility index (Phi) is 3.79. The van der Waals surface area contributed by atoms with Crippen LogP contribution in [0.2, 0.25) is 0 Å². The van der Waals surface area contributed by atoms with Crippen molar-refractivity contribution in [1.29, 1.82) is 0 Å². The van der Waals surface area contributed by atoms with E-state index >= 15 is 0 Å². The molecule has 0 saturated carbocycles. The maximum atomic E-state index is 12.8. The van der Waals surface area contributed by atoms with Crippen LogP contribution in [0.3, 0.4) is 0 Å². The van der Waals surface area contributed by atoms with Gasteiger partial charge in [0.05, 0.1) is 26.3 Å². The number of sulfone groups is 1. The lowest BCUT2D eigenvalue weighted by molar-refractivity contribution is -0.137. The lowest BCUT2D eigenvalue weighted by atomic mass is 10.2. The van der Waals surface area contributed by atoms with Crippen LogP contribution < -0.4 is 11.5 Å². The molecule has 10 heteroatoms. The number of hydrogen-bond acceptors (Lipinski definition) is 6. The Hall–Kier alpha value is -2.88. The number of aromatic nitrogens is 2. The Morgan fingerprint density at radius 3 is 2.16 bits per heavy atom. The van der Waals surface area contributed by atoms with E-state index in [-0.39, 0.29) is 32.5 Å². The van der Waals surface area contributed by atoms with Crippen molar-refractivity contribution in [2.24, 2.45) is 0 Å². The van der Waals surface area contributed by atoms with Gasteiger partial charge in [-0.15, -0.1) is 0 Å². The minimum atomic E-state index is -4.56. The minimum absolute atomic E-state index is 0.0663. The van der Waals surface area contributed by atoms with Gasteiger partial charge in [0.1, 0.15) is 5.82 Å². The molecule has 0 aliphatic rings. The van der Waals surface area contributed by atoms with Crippen molar-refractivity contribution in [3.8, 4) is 0 Å². The fourth-order valence-corrected chi connectivity index (χ4v) is 3.86. The first kappa shape index (κ1) is 17.0. The van der Waals surface area contributed by atoms with Crippen LogP contribution >= 0.6 is 0 Å². The third-order valence-corrected chi connectivity index (χ3v) is 5.32. The molecule has 0 atom stereocenters. The Balaban J connectivity index is 2.20. The standard InChI is InChI=1S/C15H11F3N4O2S/c16-15(17,18)8-4-6-9(7-5-8)25(23,24)11-3-1-2-10-12(11)13(19)22-14(20)21-10/h1-7H,(H4,19,20,21,22). The fraction of sp³-hybridized carbons (Fsp3) is 0.0667. The number of alkyl halides is 3. The lowest BCUT2D eigenvalue weighted by Crippen LogP contribution is -2.08. The zero-order valence-corrected chi connectivity index (χ0v) is 13.3. The molecule has 25 heavy (non-hydrogen) atoms. The number of benzene rings is 2. The van der Waals surface area contributed by atoms with Crippen LogP contribution in [0.4, 0.5) is 24.9 Å². The van der Waals surface area contributed by atoms with E-state index in [1.54, 1.807) is 0 Å². The number of nitrogen functional groups attached to an aromatic ring is 2. The normalized spacial score (nSPS) is 12.4. The first-order valence-electron chi connectivity index (χ1n) is 6.85. The second-order valence-electron chi connectivity index (χ2n) is 5.14. The maximum absolute atomic E-state index is 12.8. The van der Waals surface area contributed by atoms with E-state index in [1.165, 1.54) is 18.2 Å². The van der Waals surface area contributed by atoms with E-state index in [0.29, 0.717) is 12.1 Å². The van der Waals surface area contributed by atoms with Gasteiger partial charge in [-0.25, -0.2) is 13.4 Å². The maximum Gasteiger partial charge on any atom is 0.416 e. The van der Waals surface area contributed by atoms with Crippen LogP contribution in [0.25, 0.3) is 10.9 Å². The largest absolute Gasteiger partial charge is 0.416 e. The first-order valence-corrected chi connectivity index (χ1v) is 8.33. The minimum Gasteiger partial charge on any atom is -0.383 e. The number of fused-ring (bicyclic) bond motifs is 1. The van der Waals surface area contributed by atoms with Gasteiger partial charge in [-0.05, 0) is 36.4 Å². The van der Waals surface area contributed by atoms with Gasteiger partial charge in [-0.2, -0.15) is 18.2 Å². The van der Waals surface area contributed by atoms with Crippen LogP contribution in [-0.2, 0) is 16.0 Å². The van der Waals surface area contributed by atoms with Crippen molar-refractivity contribution in [3.05, 3.63) is 48.0 Å². The zero-order valence-electron chi connectivity index (χ0n) is 12.4. The van der Waals surface area contributed by atoms with Crippen molar-refractivity contribution in [2.75, 3.05) is 11.5 Å². The summed E-state index contributed by atoms with van der Waals surface area (Å²) in [5.41, 5.74) is 10.5.